The van der Waals surface area contributed by atoms with Crippen molar-refractivity contribution in [2.24, 2.45) is 0 Å². The topological polar surface area (TPSA) is 52.9 Å². The molecular formula is C15H15ClN2O. The molecule has 0 atom stereocenters. The van der Waals surface area contributed by atoms with E-state index in [1.807, 2.05) is 18.2 Å². The van der Waals surface area contributed by atoms with Crippen molar-refractivity contribution < 1.29 is 4.79 Å². The van der Waals surface area contributed by atoms with Gasteiger partial charge in [-0.2, -0.15) is 5.26 Å². The average molecular weight is 275 g/mol. The van der Waals surface area contributed by atoms with Gasteiger partial charge in [0.15, 0.2) is 0 Å². The van der Waals surface area contributed by atoms with Gasteiger partial charge in [0.2, 0.25) is 0 Å². The largest absolute Gasteiger partial charge is 0.349 e. The van der Waals surface area contributed by atoms with Gasteiger partial charge in [0.25, 0.3) is 5.91 Å². The lowest BCUT2D eigenvalue weighted by molar-refractivity contribution is -0.117. The normalized spacial score (nSPS) is 16.1. The van der Waals surface area contributed by atoms with E-state index in [9.17, 15) is 4.79 Å². The fraction of sp³-hybridized carbons (Fsp3) is 0.333. The maximum Gasteiger partial charge on any atom is 0.262 e. The smallest absolute Gasteiger partial charge is 0.262 e. The van der Waals surface area contributed by atoms with Crippen LogP contribution in [0.4, 0.5) is 0 Å². The van der Waals surface area contributed by atoms with Crippen LogP contribution in [0.25, 0.3) is 6.08 Å². The molecule has 1 aromatic rings. The Labute approximate surface area is 117 Å². The van der Waals surface area contributed by atoms with E-state index in [1.165, 1.54) is 6.08 Å². The summed E-state index contributed by atoms with van der Waals surface area (Å²) in [6.45, 7) is 0. The number of nitrogens with zero attached hydrogens (tertiary/aromatic N) is 1. The van der Waals surface area contributed by atoms with Crippen LogP contribution in [0.3, 0.4) is 0 Å². The summed E-state index contributed by atoms with van der Waals surface area (Å²) in [5.74, 6) is -0.311. The predicted molar refractivity (Wildman–Crippen MR) is 75.4 cm³/mol. The molecule has 1 saturated carbocycles. The second-order valence-electron chi connectivity index (χ2n) is 4.65. The lowest BCUT2D eigenvalue weighted by Crippen LogP contribution is -2.33. The Morgan fingerprint density at radius 2 is 2.05 bits per heavy atom. The van der Waals surface area contributed by atoms with Gasteiger partial charge in [0.1, 0.15) is 11.6 Å². The van der Waals surface area contributed by atoms with Crippen molar-refractivity contribution in [3.05, 3.63) is 40.4 Å². The summed E-state index contributed by atoms with van der Waals surface area (Å²) in [6.07, 6.45) is 5.81. The number of hydrogen-bond acceptors (Lipinski definition) is 2. The van der Waals surface area contributed by atoms with Crippen LogP contribution < -0.4 is 5.32 Å². The lowest BCUT2D eigenvalue weighted by Gasteiger charge is -2.11. The first-order valence-electron chi connectivity index (χ1n) is 6.38. The average Bonchev–Trinajstić information content (AvgIpc) is 2.90. The Morgan fingerprint density at radius 3 is 2.68 bits per heavy atom. The van der Waals surface area contributed by atoms with Crippen molar-refractivity contribution in [2.75, 3.05) is 0 Å². The first-order chi connectivity index (χ1) is 9.20. The van der Waals surface area contributed by atoms with E-state index >= 15 is 0 Å². The minimum atomic E-state index is -0.311. The second kappa shape index (κ2) is 6.40. The van der Waals surface area contributed by atoms with Crippen LogP contribution in [0, 0.1) is 11.3 Å². The minimum absolute atomic E-state index is 0.0972. The summed E-state index contributed by atoms with van der Waals surface area (Å²) >= 11 is 6.01. The van der Waals surface area contributed by atoms with Gasteiger partial charge < -0.3 is 5.32 Å². The predicted octanol–water partition coefficient (Wildman–Crippen LogP) is 3.31. The molecule has 0 radical (unpaired) electrons. The molecule has 3 nitrogen and oxygen atoms in total. The van der Waals surface area contributed by atoms with Crippen LogP contribution in [0.1, 0.15) is 31.2 Å². The van der Waals surface area contributed by atoms with Crippen molar-refractivity contribution in [1.82, 2.24) is 5.32 Å². The van der Waals surface area contributed by atoms with Gasteiger partial charge >= 0.3 is 0 Å². The monoisotopic (exact) mass is 274 g/mol. The molecule has 1 N–H and O–H groups in total. The van der Waals surface area contributed by atoms with Crippen molar-refractivity contribution in [3.63, 3.8) is 0 Å². The second-order valence-corrected chi connectivity index (χ2v) is 5.05. The molecule has 0 aromatic heterocycles. The van der Waals surface area contributed by atoms with E-state index in [1.54, 1.807) is 12.1 Å². The summed E-state index contributed by atoms with van der Waals surface area (Å²) in [5, 5.41) is 12.5. The number of benzene rings is 1. The Morgan fingerprint density at radius 1 is 1.37 bits per heavy atom. The SMILES string of the molecule is N#C/C(=C\c1ccccc1Cl)C(=O)NC1CCCC1. The van der Waals surface area contributed by atoms with E-state index in [0.717, 1.165) is 25.7 Å². The molecule has 2 rings (SSSR count). The van der Waals surface area contributed by atoms with Gasteiger partial charge in [-0.1, -0.05) is 42.6 Å². The Hall–Kier alpha value is -1.79. The molecule has 1 fully saturated rings. The molecule has 0 bridgehead atoms. The van der Waals surface area contributed by atoms with Crippen LogP contribution in [-0.4, -0.2) is 11.9 Å². The summed E-state index contributed by atoms with van der Waals surface area (Å²) in [4.78, 5) is 12.0. The highest BCUT2D eigenvalue weighted by atomic mass is 35.5. The molecule has 0 unspecified atom stereocenters. The molecule has 0 aliphatic heterocycles. The summed E-state index contributed by atoms with van der Waals surface area (Å²) < 4.78 is 0. The lowest BCUT2D eigenvalue weighted by atomic mass is 10.1. The van der Waals surface area contributed by atoms with Gasteiger partial charge in [0, 0.05) is 11.1 Å². The highest BCUT2D eigenvalue weighted by Crippen LogP contribution is 2.20. The third-order valence-electron chi connectivity index (χ3n) is 3.26. The first-order valence-corrected chi connectivity index (χ1v) is 6.75. The van der Waals surface area contributed by atoms with Gasteiger partial charge in [-0.25, -0.2) is 0 Å². The quantitative estimate of drug-likeness (QED) is 0.679. The van der Waals surface area contributed by atoms with Crippen molar-refractivity contribution in [1.29, 1.82) is 5.26 Å². The number of halogens is 1. The molecular weight excluding hydrogens is 260 g/mol. The summed E-state index contributed by atoms with van der Waals surface area (Å²) in [6, 6.07) is 9.29. The highest BCUT2D eigenvalue weighted by molar-refractivity contribution is 6.32. The standard InChI is InChI=1S/C15H15ClN2O/c16-14-8-4-1-5-11(14)9-12(10-17)15(19)18-13-6-2-3-7-13/h1,4-5,8-9,13H,2-3,6-7H2,(H,18,19)/b12-9+. The zero-order chi connectivity index (χ0) is 13.7. The molecule has 1 amide bonds. The van der Waals surface area contributed by atoms with E-state index in [4.69, 9.17) is 16.9 Å². The molecule has 19 heavy (non-hydrogen) atoms. The van der Waals surface area contributed by atoms with Crippen molar-refractivity contribution in [2.45, 2.75) is 31.7 Å². The zero-order valence-electron chi connectivity index (χ0n) is 10.5. The minimum Gasteiger partial charge on any atom is -0.349 e. The fourth-order valence-electron chi connectivity index (χ4n) is 2.23. The summed E-state index contributed by atoms with van der Waals surface area (Å²) in [5.41, 5.74) is 0.780. The van der Waals surface area contributed by atoms with Gasteiger partial charge in [-0.15, -0.1) is 0 Å². The Bertz CT molecular complexity index is 539. The third-order valence-corrected chi connectivity index (χ3v) is 3.60. The van der Waals surface area contributed by atoms with E-state index in [2.05, 4.69) is 5.32 Å². The molecule has 1 aromatic carbocycles. The van der Waals surface area contributed by atoms with Gasteiger partial charge in [-0.3, -0.25) is 4.79 Å². The fourth-order valence-corrected chi connectivity index (χ4v) is 2.42. The number of nitriles is 1. The van der Waals surface area contributed by atoms with Crippen LogP contribution >= 0.6 is 11.6 Å². The molecule has 1 aliphatic rings. The third kappa shape index (κ3) is 3.59. The van der Waals surface area contributed by atoms with Crippen LogP contribution in [-0.2, 0) is 4.79 Å². The maximum atomic E-state index is 12.0. The van der Waals surface area contributed by atoms with Gasteiger partial charge in [-0.05, 0) is 30.5 Å². The Balaban J connectivity index is 2.13. The molecule has 0 spiro atoms. The number of amides is 1. The molecule has 1 aliphatic carbocycles. The van der Waals surface area contributed by atoms with Crippen molar-refractivity contribution in [3.8, 4) is 6.07 Å². The first kappa shape index (κ1) is 13.6. The molecule has 0 heterocycles. The van der Waals surface area contributed by atoms with E-state index in [0.29, 0.717) is 10.6 Å². The number of carbonyl (C=O) groups excluding carboxylic acids is 1. The highest BCUT2D eigenvalue weighted by Gasteiger charge is 2.19. The van der Waals surface area contributed by atoms with E-state index in [-0.39, 0.29) is 17.5 Å². The molecule has 4 heteroatoms. The van der Waals surface area contributed by atoms with Gasteiger partial charge in [0.05, 0.1) is 0 Å². The maximum absolute atomic E-state index is 12.0. The van der Waals surface area contributed by atoms with Crippen LogP contribution in [0.15, 0.2) is 29.8 Å². The Kier molecular flexibility index (Phi) is 4.59. The van der Waals surface area contributed by atoms with Crippen LogP contribution in [0.5, 0.6) is 0 Å². The molecule has 0 saturated heterocycles. The number of carbonyl (C=O) groups is 1. The summed E-state index contributed by atoms with van der Waals surface area (Å²) in [7, 11) is 0. The number of rotatable bonds is 3. The van der Waals surface area contributed by atoms with Crippen LogP contribution in [0.2, 0.25) is 5.02 Å². The van der Waals surface area contributed by atoms with E-state index < -0.39 is 0 Å². The molecule has 98 valence electrons. The number of hydrogen-bond donors (Lipinski definition) is 1. The number of nitrogens with one attached hydrogen (secondary N) is 1. The van der Waals surface area contributed by atoms with Crippen molar-refractivity contribution >= 4 is 23.6 Å². The zero-order valence-corrected chi connectivity index (χ0v) is 11.3.